The molecular weight excluding hydrogens is 338 g/mol. The van der Waals surface area contributed by atoms with Gasteiger partial charge in [0.1, 0.15) is 0 Å². The minimum atomic E-state index is -2.95. The lowest BCUT2D eigenvalue weighted by Gasteiger charge is -2.14. The summed E-state index contributed by atoms with van der Waals surface area (Å²) in [4.78, 5) is 13.0. The molecule has 2 N–H and O–H groups in total. The molecule has 24 heavy (non-hydrogen) atoms. The summed E-state index contributed by atoms with van der Waals surface area (Å²) < 4.78 is 34.2. The second-order valence-corrected chi connectivity index (χ2v) is 5.88. The lowest BCUT2D eigenvalue weighted by Crippen LogP contribution is -2.31. The van der Waals surface area contributed by atoms with Crippen LogP contribution in [-0.2, 0) is 4.79 Å². The Labute approximate surface area is 142 Å². The van der Waals surface area contributed by atoms with E-state index in [4.69, 9.17) is 4.74 Å². The molecule has 0 radical (unpaired) electrons. The number of anilines is 1. The van der Waals surface area contributed by atoms with Crippen molar-refractivity contribution in [1.82, 2.24) is 5.32 Å². The molecule has 0 saturated carbocycles. The lowest BCUT2D eigenvalue weighted by atomic mass is 10.2. The smallest absolute Gasteiger partial charge is 0.387 e. The van der Waals surface area contributed by atoms with Crippen LogP contribution >= 0.6 is 11.3 Å². The van der Waals surface area contributed by atoms with Gasteiger partial charge in [0.25, 0.3) is 0 Å². The van der Waals surface area contributed by atoms with Crippen molar-refractivity contribution >= 4 is 22.9 Å². The monoisotopic (exact) mass is 356 g/mol. The molecule has 1 amide bonds. The summed E-state index contributed by atoms with van der Waals surface area (Å²) in [6.07, 6.45) is 0. The van der Waals surface area contributed by atoms with E-state index in [9.17, 15) is 13.6 Å². The lowest BCUT2D eigenvalue weighted by molar-refractivity contribution is -0.120. The number of carbonyl (C=O) groups excluding carboxylic acids is 1. The van der Waals surface area contributed by atoms with Gasteiger partial charge in [-0.1, -0.05) is 6.07 Å². The molecule has 1 aromatic heterocycles. The van der Waals surface area contributed by atoms with E-state index in [1.165, 1.54) is 19.2 Å². The zero-order valence-corrected chi connectivity index (χ0v) is 14.0. The Hall–Kier alpha value is -2.35. The number of hydrogen-bond acceptors (Lipinski definition) is 5. The predicted molar refractivity (Wildman–Crippen MR) is 89.0 cm³/mol. The van der Waals surface area contributed by atoms with Crippen LogP contribution < -0.4 is 20.1 Å². The summed E-state index contributed by atoms with van der Waals surface area (Å²) in [5.41, 5.74) is 0.477. The van der Waals surface area contributed by atoms with Crippen LogP contribution in [0, 0.1) is 0 Å². The van der Waals surface area contributed by atoms with Gasteiger partial charge in [0.05, 0.1) is 19.7 Å². The van der Waals surface area contributed by atoms with Crippen molar-refractivity contribution < 1.29 is 23.0 Å². The largest absolute Gasteiger partial charge is 0.493 e. The van der Waals surface area contributed by atoms with Crippen molar-refractivity contribution in [2.24, 2.45) is 0 Å². The van der Waals surface area contributed by atoms with Gasteiger partial charge in [0.2, 0.25) is 5.91 Å². The molecule has 1 unspecified atom stereocenters. The normalized spacial score (nSPS) is 11.9. The molecule has 0 spiro atoms. The van der Waals surface area contributed by atoms with Crippen LogP contribution in [0.1, 0.15) is 17.8 Å². The van der Waals surface area contributed by atoms with Gasteiger partial charge in [-0.05, 0) is 30.5 Å². The summed E-state index contributed by atoms with van der Waals surface area (Å²) in [6, 6.07) is 8.25. The van der Waals surface area contributed by atoms with E-state index in [0.29, 0.717) is 5.69 Å². The highest BCUT2D eigenvalue weighted by molar-refractivity contribution is 7.10. The number of halogens is 2. The number of thiophene rings is 1. The van der Waals surface area contributed by atoms with Crippen LogP contribution in [0.5, 0.6) is 11.5 Å². The molecule has 0 bridgehead atoms. The zero-order chi connectivity index (χ0) is 17.5. The van der Waals surface area contributed by atoms with E-state index in [2.05, 4.69) is 15.4 Å². The van der Waals surface area contributed by atoms with E-state index in [-0.39, 0.29) is 30.0 Å². The number of methoxy groups -OCH3 is 1. The van der Waals surface area contributed by atoms with Crippen molar-refractivity contribution in [3.63, 3.8) is 0 Å². The number of alkyl halides is 2. The Bertz CT molecular complexity index is 665. The third-order valence-electron chi connectivity index (χ3n) is 3.18. The van der Waals surface area contributed by atoms with Gasteiger partial charge >= 0.3 is 6.61 Å². The SMILES string of the molecule is COc1ccc(NCC(=O)NC(C)c2cccs2)cc1OC(F)F. The molecule has 2 aromatic rings. The Kier molecular flexibility index (Phi) is 6.36. The van der Waals surface area contributed by atoms with E-state index < -0.39 is 6.61 Å². The minimum absolute atomic E-state index is 0.0101. The maximum Gasteiger partial charge on any atom is 0.387 e. The highest BCUT2D eigenvalue weighted by Crippen LogP contribution is 2.31. The predicted octanol–water partition coefficient (Wildman–Crippen LogP) is 3.65. The number of amides is 1. The number of hydrogen-bond donors (Lipinski definition) is 2. The second kappa shape index (κ2) is 8.49. The molecule has 130 valence electrons. The van der Waals surface area contributed by atoms with Crippen LogP contribution in [0.4, 0.5) is 14.5 Å². The standard InChI is InChI=1S/C16H18F2N2O3S/c1-10(14-4-3-7-24-14)20-15(21)9-19-11-5-6-12(22-2)13(8-11)23-16(17)18/h3-8,10,16,19H,9H2,1-2H3,(H,20,21). The average molecular weight is 356 g/mol. The third-order valence-corrected chi connectivity index (χ3v) is 4.24. The van der Waals surface area contributed by atoms with Crippen LogP contribution in [-0.4, -0.2) is 26.2 Å². The van der Waals surface area contributed by atoms with Crippen molar-refractivity contribution in [3.05, 3.63) is 40.6 Å². The maximum atomic E-state index is 12.4. The highest BCUT2D eigenvalue weighted by Gasteiger charge is 2.13. The fourth-order valence-corrected chi connectivity index (χ4v) is 2.79. The molecule has 2 rings (SSSR count). The average Bonchev–Trinajstić information content (AvgIpc) is 3.07. The van der Waals surface area contributed by atoms with Crippen molar-refractivity contribution in [3.8, 4) is 11.5 Å². The molecule has 8 heteroatoms. The van der Waals surface area contributed by atoms with E-state index in [1.54, 1.807) is 17.4 Å². The first-order valence-electron chi connectivity index (χ1n) is 7.19. The van der Waals surface area contributed by atoms with Gasteiger partial charge in [0, 0.05) is 16.6 Å². The summed E-state index contributed by atoms with van der Waals surface area (Å²) >= 11 is 1.56. The summed E-state index contributed by atoms with van der Waals surface area (Å²) in [5, 5.41) is 7.67. The van der Waals surface area contributed by atoms with E-state index in [1.807, 2.05) is 24.4 Å². The van der Waals surface area contributed by atoms with E-state index in [0.717, 1.165) is 4.88 Å². The molecular formula is C16H18F2N2O3S. The number of ether oxygens (including phenoxy) is 2. The van der Waals surface area contributed by atoms with Gasteiger partial charge in [0.15, 0.2) is 11.5 Å². The van der Waals surface area contributed by atoms with Crippen LogP contribution in [0.25, 0.3) is 0 Å². The Morgan fingerprint density at radius 3 is 2.71 bits per heavy atom. The molecule has 0 fully saturated rings. The van der Waals surface area contributed by atoms with Crippen LogP contribution in [0.15, 0.2) is 35.7 Å². The van der Waals surface area contributed by atoms with Gasteiger partial charge in [-0.15, -0.1) is 11.3 Å². The molecule has 0 saturated heterocycles. The number of carbonyl (C=O) groups is 1. The Balaban J connectivity index is 1.92. The quantitative estimate of drug-likeness (QED) is 0.758. The minimum Gasteiger partial charge on any atom is -0.493 e. The van der Waals surface area contributed by atoms with Crippen molar-refractivity contribution in [1.29, 1.82) is 0 Å². The Morgan fingerprint density at radius 2 is 2.08 bits per heavy atom. The van der Waals surface area contributed by atoms with E-state index >= 15 is 0 Å². The fraction of sp³-hybridized carbons (Fsp3) is 0.312. The van der Waals surface area contributed by atoms with Crippen LogP contribution in [0.3, 0.4) is 0 Å². The highest BCUT2D eigenvalue weighted by atomic mass is 32.1. The third kappa shape index (κ3) is 5.09. The van der Waals surface area contributed by atoms with Crippen molar-refractivity contribution in [2.45, 2.75) is 19.6 Å². The van der Waals surface area contributed by atoms with Gasteiger partial charge in [-0.25, -0.2) is 0 Å². The molecule has 0 aliphatic rings. The summed E-state index contributed by atoms with van der Waals surface area (Å²) in [6.45, 7) is -1.05. The fourth-order valence-electron chi connectivity index (χ4n) is 2.06. The van der Waals surface area contributed by atoms with Crippen molar-refractivity contribution in [2.75, 3.05) is 19.0 Å². The molecule has 0 aliphatic carbocycles. The zero-order valence-electron chi connectivity index (χ0n) is 13.2. The first-order chi connectivity index (χ1) is 11.5. The number of nitrogens with one attached hydrogen (secondary N) is 2. The molecule has 5 nitrogen and oxygen atoms in total. The molecule has 1 atom stereocenters. The topological polar surface area (TPSA) is 59.6 Å². The molecule has 0 aliphatic heterocycles. The molecule has 1 aromatic carbocycles. The van der Waals surface area contributed by atoms with Crippen LogP contribution in [0.2, 0.25) is 0 Å². The number of rotatable bonds is 8. The second-order valence-electron chi connectivity index (χ2n) is 4.90. The number of benzene rings is 1. The molecule has 1 heterocycles. The van der Waals surface area contributed by atoms with Gasteiger partial charge < -0.3 is 20.1 Å². The van der Waals surface area contributed by atoms with Gasteiger partial charge in [-0.3, -0.25) is 4.79 Å². The summed E-state index contributed by atoms with van der Waals surface area (Å²) in [5.74, 6) is -0.107. The van der Waals surface area contributed by atoms with Gasteiger partial charge in [-0.2, -0.15) is 8.78 Å². The summed E-state index contributed by atoms with van der Waals surface area (Å²) in [7, 11) is 1.36. The first kappa shape index (κ1) is 18.0. The Morgan fingerprint density at radius 1 is 1.29 bits per heavy atom. The maximum absolute atomic E-state index is 12.4. The first-order valence-corrected chi connectivity index (χ1v) is 8.07.